The van der Waals surface area contributed by atoms with E-state index in [1.807, 2.05) is 35.7 Å². The zero-order valence-corrected chi connectivity index (χ0v) is 15.6. The highest BCUT2D eigenvalue weighted by molar-refractivity contribution is 7.10. The third-order valence-corrected chi connectivity index (χ3v) is 5.71. The zero-order valence-electron chi connectivity index (χ0n) is 14.8. The highest BCUT2D eigenvalue weighted by Gasteiger charge is 2.24. The van der Waals surface area contributed by atoms with E-state index >= 15 is 0 Å². The summed E-state index contributed by atoms with van der Waals surface area (Å²) in [5.41, 5.74) is 2.58. The molecule has 0 radical (unpaired) electrons. The molecule has 136 valence electrons. The number of nitrogens with zero attached hydrogens (tertiary/aromatic N) is 4. The van der Waals surface area contributed by atoms with Gasteiger partial charge in [-0.3, -0.25) is 4.79 Å². The van der Waals surface area contributed by atoms with Gasteiger partial charge >= 0.3 is 0 Å². The van der Waals surface area contributed by atoms with Crippen molar-refractivity contribution in [1.82, 2.24) is 24.9 Å². The first-order valence-electron chi connectivity index (χ1n) is 8.95. The lowest BCUT2D eigenvalue weighted by molar-refractivity contribution is -0.123. The summed E-state index contributed by atoms with van der Waals surface area (Å²) < 4.78 is 1.72. The molecule has 7 nitrogen and oxygen atoms in total. The Kier molecular flexibility index (Phi) is 3.78. The minimum Gasteiger partial charge on any atom is -0.354 e. The summed E-state index contributed by atoms with van der Waals surface area (Å²) >= 11 is 1.67. The van der Waals surface area contributed by atoms with Crippen LogP contribution in [0.15, 0.2) is 35.7 Å². The lowest BCUT2D eigenvalue weighted by atomic mass is 10.1. The van der Waals surface area contributed by atoms with Crippen molar-refractivity contribution in [1.29, 1.82) is 0 Å². The number of hydrogen-bond donors (Lipinski definition) is 2. The van der Waals surface area contributed by atoms with Gasteiger partial charge < -0.3 is 10.6 Å². The Hall–Kier alpha value is -3.00. The fraction of sp³-hybridized carbons (Fsp3) is 0.263. The normalized spacial score (nSPS) is 17.4. The van der Waals surface area contributed by atoms with Crippen molar-refractivity contribution in [2.24, 2.45) is 0 Å². The molecule has 0 unspecified atom stereocenters. The number of fused-ring (bicyclic) bond motifs is 3. The van der Waals surface area contributed by atoms with Gasteiger partial charge in [-0.25, -0.2) is 9.97 Å². The van der Waals surface area contributed by atoms with Crippen molar-refractivity contribution >= 4 is 39.7 Å². The maximum atomic E-state index is 12.2. The molecule has 4 heterocycles. The Morgan fingerprint density at radius 1 is 1.26 bits per heavy atom. The molecular formula is C19H18N6OS. The third kappa shape index (κ3) is 2.73. The number of amides is 1. The molecular weight excluding hydrogens is 360 g/mol. The predicted molar refractivity (Wildman–Crippen MR) is 106 cm³/mol. The molecule has 0 spiro atoms. The van der Waals surface area contributed by atoms with Crippen LogP contribution in [0, 0.1) is 6.92 Å². The van der Waals surface area contributed by atoms with Crippen LogP contribution >= 0.6 is 11.3 Å². The van der Waals surface area contributed by atoms with Crippen LogP contribution in [0.3, 0.4) is 0 Å². The number of aromatic nitrogens is 4. The number of thiophene rings is 1. The lowest BCUT2D eigenvalue weighted by Crippen LogP contribution is -2.44. The van der Waals surface area contributed by atoms with Crippen LogP contribution in [-0.4, -0.2) is 38.1 Å². The summed E-state index contributed by atoms with van der Waals surface area (Å²) in [4.78, 5) is 22.9. The van der Waals surface area contributed by atoms with Gasteiger partial charge in [0.05, 0.1) is 5.52 Å². The molecule has 2 N–H and O–H groups in total. The first-order valence-corrected chi connectivity index (χ1v) is 9.83. The summed E-state index contributed by atoms with van der Waals surface area (Å²) in [7, 11) is 0. The Morgan fingerprint density at radius 2 is 2.15 bits per heavy atom. The van der Waals surface area contributed by atoms with Crippen LogP contribution in [0.2, 0.25) is 0 Å². The van der Waals surface area contributed by atoms with Crippen LogP contribution in [0.1, 0.15) is 17.7 Å². The molecule has 1 aromatic carbocycles. The Balaban J connectivity index is 1.69. The first kappa shape index (κ1) is 16.2. The molecule has 1 atom stereocenters. The monoisotopic (exact) mass is 378 g/mol. The SMILES string of the molecule is Cc1sccc1-c1nc2c3ccccc3nc(N[C@@H]3CCCNC3=O)n2n1. The molecule has 3 aromatic heterocycles. The van der Waals surface area contributed by atoms with Crippen molar-refractivity contribution in [3.8, 4) is 11.4 Å². The largest absolute Gasteiger partial charge is 0.354 e. The molecule has 1 fully saturated rings. The average Bonchev–Trinajstić information content (AvgIpc) is 3.30. The average molecular weight is 378 g/mol. The molecule has 0 saturated carbocycles. The summed E-state index contributed by atoms with van der Waals surface area (Å²) in [6, 6.07) is 9.58. The van der Waals surface area contributed by atoms with Gasteiger partial charge in [-0.2, -0.15) is 4.52 Å². The topological polar surface area (TPSA) is 84.2 Å². The van der Waals surface area contributed by atoms with Crippen molar-refractivity contribution in [2.75, 3.05) is 11.9 Å². The molecule has 1 amide bonds. The van der Waals surface area contributed by atoms with Gasteiger partial charge in [0.25, 0.3) is 0 Å². The Morgan fingerprint density at radius 3 is 2.96 bits per heavy atom. The zero-order chi connectivity index (χ0) is 18.4. The van der Waals surface area contributed by atoms with Gasteiger partial charge in [-0.05, 0) is 43.3 Å². The number of piperidine rings is 1. The molecule has 1 aliphatic heterocycles. The summed E-state index contributed by atoms with van der Waals surface area (Å²) in [5.74, 6) is 1.21. The number of para-hydroxylation sites is 1. The number of aryl methyl sites for hydroxylation is 1. The van der Waals surface area contributed by atoms with Crippen LogP contribution in [0.25, 0.3) is 27.9 Å². The van der Waals surface area contributed by atoms with Crippen molar-refractivity contribution in [2.45, 2.75) is 25.8 Å². The summed E-state index contributed by atoms with van der Waals surface area (Å²) in [6.07, 6.45) is 1.71. The van der Waals surface area contributed by atoms with Gasteiger partial charge in [-0.1, -0.05) is 12.1 Å². The van der Waals surface area contributed by atoms with Gasteiger partial charge in [-0.15, -0.1) is 16.4 Å². The van der Waals surface area contributed by atoms with Crippen LogP contribution < -0.4 is 10.6 Å². The fourth-order valence-corrected chi connectivity index (χ4v) is 4.14. The van der Waals surface area contributed by atoms with Gasteiger partial charge in [0, 0.05) is 22.4 Å². The summed E-state index contributed by atoms with van der Waals surface area (Å²) in [6.45, 7) is 2.79. The van der Waals surface area contributed by atoms with E-state index in [1.54, 1.807) is 15.9 Å². The second kappa shape index (κ2) is 6.31. The standard InChI is InChI=1S/C19H18N6OS/c1-11-12(8-10-27-11)16-23-17-13-5-2-3-6-14(13)21-19(25(17)24-16)22-15-7-4-9-20-18(15)26/h2-3,5-6,8,10,15H,4,7,9H2,1H3,(H,20,26)(H,21,22)/t15-/m1/s1. The van der Waals surface area contributed by atoms with Gasteiger partial charge in [0.15, 0.2) is 11.5 Å². The number of anilines is 1. The van der Waals surface area contributed by atoms with Crippen molar-refractivity contribution < 1.29 is 4.79 Å². The predicted octanol–water partition coefficient (Wildman–Crippen LogP) is 3.00. The first-order chi connectivity index (χ1) is 13.2. The molecule has 1 saturated heterocycles. The van der Waals surface area contributed by atoms with Crippen LogP contribution in [0.4, 0.5) is 5.95 Å². The van der Waals surface area contributed by atoms with E-state index in [1.165, 1.54) is 4.88 Å². The molecule has 4 aromatic rings. The number of hydrogen-bond acceptors (Lipinski definition) is 6. The molecule has 8 heteroatoms. The Labute approximate surface area is 159 Å². The second-order valence-corrected chi connectivity index (χ2v) is 7.76. The molecule has 27 heavy (non-hydrogen) atoms. The molecule has 0 bridgehead atoms. The minimum atomic E-state index is -0.314. The van der Waals surface area contributed by atoms with Crippen LogP contribution in [-0.2, 0) is 4.79 Å². The van der Waals surface area contributed by atoms with E-state index in [0.29, 0.717) is 11.8 Å². The van der Waals surface area contributed by atoms with Crippen molar-refractivity contribution in [3.63, 3.8) is 0 Å². The second-order valence-electron chi connectivity index (χ2n) is 6.64. The van der Waals surface area contributed by atoms with E-state index in [0.717, 1.165) is 41.5 Å². The quantitative estimate of drug-likeness (QED) is 0.572. The highest BCUT2D eigenvalue weighted by atomic mass is 32.1. The highest BCUT2D eigenvalue weighted by Crippen LogP contribution is 2.28. The molecule has 0 aliphatic carbocycles. The number of carbonyl (C=O) groups is 1. The number of benzene rings is 1. The number of carbonyl (C=O) groups excluding carboxylic acids is 1. The molecule has 5 rings (SSSR count). The number of nitrogens with one attached hydrogen (secondary N) is 2. The van der Waals surface area contributed by atoms with E-state index in [2.05, 4.69) is 17.6 Å². The third-order valence-electron chi connectivity index (χ3n) is 4.87. The van der Waals surface area contributed by atoms with E-state index in [9.17, 15) is 4.79 Å². The smallest absolute Gasteiger partial charge is 0.242 e. The lowest BCUT2D eigenvalue weighted by Gasteiger charge is -2.23. The maximum absolute atomic E-state index is 12.2. The van der Waals surface area contributed by atoms with E-state index in [4.69, 9.17) is 15.1 Å². The van der Waals surface area contributed by atoms with E-state index in [-0.39, 0.29) is 11.9 Å². The minimum absolute atomic E-state index is 0.00150. The molecule has 1 aliphatic rings. The van der Waals surface area contributed by atoms with Crippen LogP contribution in [0.5, 0.6) is 0 Å². The number of rotatable bonds is 3. The Bertz CT molecular complexity index is 1160. The fourth-order valence-electron chi connectivity index (χ4n) is 3.45. The van der Waals surface area contributed by atoms with E-state index < -0.39 is 0 Å². The van der Waals surface area contributed by atoms with Gasteiger partial charge in [0.1, 0.15) is 6.04 Å². The van der Waals surface area contributed by atoms with Crippen molar-refractivity contribution in [3.05, 3.63) is 40.6 Å². The summed E-state index contributed by atoms with van der Waals surface area (Å²) in [5, 5.41) is 13.9. The maximum Gasteiger partial charge on any atom is 0.242 e. The van der Waals surface area contributed by atoms with Gasteiger partial charge in [0.2, 0.25) is 11.9 Å².